The highest BCUT2D eigenvalue weighted by molar-refractivity contribution is 5.96. The van der Waals surface area contributed by atoms with Crippen LogP contribution in [0.3, 0.4) is 0 Å². The Hall–Kier alpha value is -1.43. The van der Waals surface area contributed by atoms with E-state index in [1.54, 1.807) is 0 Å². The lowest BCUT2D eigenvalue weighted by Crippen LogP contribution is -2.26. The van der Waals surface area contributed by atoms with E-state index in [-0.39, 0.29) is 18.0 Å². The first kappa shape index (κ1) is 14.0. The summed E-state index contributed by atoms with van der Waals surface area (Å²) in [5, 5.41) is 0. The van der Waals surface area contributed by atoms with Gasteiger partial charge in [0.1, 0.15) is 5.82 Å². The number of carbonyl (C=O) groups is 1. The molecule has 1 unspecified atom stereocenters. The maximum atomic E-state index is 13.3. The molecule has 0 aromatic heterocycles. The number of ketones is 1. The molecule has 2 N–H and O–H groups in total. The molecule has 0 heterocycles. The minimum Gasteiger partial charge on any atom is -0.327 e. The maximum Gasteiger partial charge on any atom is 0.419 e. The number of halogens is 4. The Morgan fingerprint density at radius 1 is 1.37 bits per heavy atom. The molecule has 1 aromatic rings. The van der Waals surface area contributed by atoms with E-state index in [2.05, 4.69) is 0 Å². The van der Waals surface area contributed by atoms with Crippen LogP contribution in [0.2, 0.25) is 0 Å². The highest BCUT2D eigenvalue weighted by Crippen LogP contribution is 2.34. The smallest absolute Gasteiger partial charge is 0.327 e. The first-order valence-electron chi connectivity index (χ1n) is 5.94. The normalized spacial score (nSPS) is 17.3. The first-order chi connectivity index (χ1) is 8.79. The molecule has 2 nitrogen and oxygen atoms in total. The standard InChI is InChI=1S/C13H13F4NO/c14-10-5-8(3-4-9(10)13(15,16)17)12(19)6-11(18)7-1-2-7/h3-5,7,11H,1-2,6,18H2. The van der Waals surface area contributed by atoms with Crippen LogP contribution in [0.25, 0.3) is 0 Å². The van der Waals surface area contributed by atoms with Crippen LogP contribution in [0.4, 0.5) is 17.6 Å². The van der Waals surface area contributed by atoms with E-state index in [1.165, 1.54) is 0 Å². The summed E-state index contributed by atoms with van der Waals surface area (Å²) in [7, 11) is 0. The summed E-state index contributed by atoms with van der Waals surface area (Å²) in [5.74, 6) is -1.55. The van der Waals surface area contributed by atoms with Gasteiger partial charge in [0.05, 0.1) is 5.56 Å². The number of Topliss-reactive ketones (excluding diaryl/α,β-unsaturated/α-hetero) is 1. The second-order valence-electron chi connectivity index (χ2n) is 4.82. The molecule has 0 radical (unpaired) electrons. The van der Waals surface area contributed by atoms with Gasteiger partial charge in [-0.15, -0.1) is 0 Å². The largest absolute Gasteiger partial charge is 0.419 e. The second kappa shape index (κ2) is 4.92. The maximum absolute atomic E-state index is 13.3. The molecule has 1 aliphatic carbocycles. The second-order valence-corrected chi connectivity index (χ2v) is 4.82. The Morgan fingerprint density at radius 3 is 2.47 bits per heavy atom. The summed E-state index contributed by atoms with van der Waals surface area (Å²) < 4.78 is 50.4. The van der Waals surface area contributed by atoms with Gasteiger partial charge < -0.3 is 5.73 Å². The highest BCUT2D eigenvalue weighted by atomic mass is 19.4. The molecule has 6 heteroatoms. The van der Waals surface area contributed by atoms with Crippen LogP contribution in [0.15, 0.2) is 18.2 Å². The van der Waals surface area contributed by atoms with Gasteiger partial charge in [0.2, 0.25) is 0 Å². The fourth-order valence-corrected chi connectivity index (χ4v) is 1.94. The van der Waals surface area contributed by atoms with E-state index >= 15 is 0 Å². The minimum absolute atomic E-state index is 0.0372. The molecule has 1 aliphatic rings. The van der Waals surface area contributed by atoms with E-state index in [0.29, 0.717) is 18.1 Å². The quantitative estimate of drug-likeness (QED) is 0.677. The molecular weight excluding hydrogens is 262 g/mol. The number of hydrogen-bond donors (Lipinski definition) is 1. The van der Waals surface area contributed by atoms with E-state index in [1.807, 2.05) is 0 Å². The van der Waals surface area contributed by atoms with Gasteiger partial charge in [-0.1, -0.05) is 6.07 Å². The summed E-state index contributed by atoms with van der Waals surface area (Å²) in [6.45, 7) is 0. The predicted molar refractivity (Wildman–Crippen MR) is 61.0 cm³/mol. The van der Waals surface area contributed by atoms with Gasteiger partial charge in [-0.25, -0.2) is 4.39 Å². The lowest BCUT2D eigenvalue weighted by atomic mass is 10.00. The van der Waals surface area contributed by atoms with Crippen molar-refractivity contribution < 1.29 is 22.4 Å². The SMILES string of the molecule is NC(CC(=O)c1ccc(C(F)(F)F)c(F)c1)C1CC1. The van der Waals surface area contributed by atoms with Crippen LogP contribution in [0.1, 0.15) is 35.2 Å². The Bertz CT molecular complexity index is 494. The molecule has 1 atom stereocenters. The summed E-state index contributed by atoms with van der Waals surface area (Å²) in [5.41, 5.74) is 4.33. The molecule has 0 aliphatic heterocycles. The van der Waals surface area contributed by atoms with E-state index in [0.717, 1.165) is 18.9 Å². The predicted octanol–water partition coefficient (Wildman–Crippen LogP) is 3.15. The van der Waals surface area contributed by atoms with Crippen molar-refractivity contribution >= 4 is 5.78 Å². The van der Waals surface area contributed by atoms with Crippen LogP contribution in [-0.4, -0.2) is 11.8 Å². The Kier molecular flexibility index (Phi) is 3.62. The summed E-state index contributed by atoms with van der Waals surface area (Å²) in [6.07, 6.45) is -2.78. The summed E-state index contributed by atoms with van der Waals surface area (Å²) >= 11 is 0. The van der Waals surface area contributed by atoms with Crippen molar-refractivity contribution in [3.8, 4) is 0 Å². The Morgan fingerprint density at radius 2 is 2.00 bits per heavy atom. The third-order valence-electron chi connectivity index (χ3n) is 3.25. The van der Waals surface area contributed by atoms with Gasteiger partial charge >= 0.3 is 6.18 Å². The lowest BCUT2D eigenvalue weighted by molar-refractivity contribution is -0.140. The van der Waals surface area contributed by atoms with Gasteiger partial charge in [-0.3, -0.25) is 4.79 Å². The van der Waals surface area contributed by atoms with Crippen molar-refractivity contribution in [2.75, 3.05) is 0 Å². The molecule has 1 fully saturated rings. The lowest BCUT2D eigenvalue weighted by Gasteiger charge is -2.11. The van der Waals surface area contributed by atoms with Crippen LogP contribution in [0.5, 0.6) is 0 Å². The average Bonchev–Trinajstić information content (AvgIpc) is 3.10. The van der Waals surface area contributed by atoms with E-state index < -0.39 is 23.3 Å². The molecule has 1 aromatic carbocycles. The first-order valence-corrected chi connectivity index (χ1v) is 5.94. The van der Waals surface area contributed by atoms with Gasteiger partial charge in [0, 0.05) is 18.0 Å². The molecular formula is C13H13F4NO. The molecule has 0 saturated heterocycles. The zero-order valence-electron chi connectivity index (χ0n) is 10.0. The van der Waals surface area contributed by atoms with Gasteiger partial charge in [-0.05, 0) is 30.9 Å². The van der Waals surface area contributed by atoms with Crippen LogP contribution in [-0.2, 0) is 6.18 Å². The number of hydrogen-bond acceptors (Lipinski definition) is 2. The van der Waals surface area contributed by atoms with Crippen molar-refractivity contribution in [3.05, 3.63) is 35.1 Å². The van der Waals surface area contributed by atoms with Crippen molar-refractivity contribution in [1.82, 2.24) is 0 Å². The van der Waals surface area contributed by atoms with Crippen molar-refractivity contribution in [2.24, 2.45) is 11.7 Å². The minimum atomic E-state index is -4.75. The molecule has 0 amide bonds. The van der Waals surface area contributed by atoms with Crippen molar-refractivity contribution in [3.63, 3.8) is 0 Å². The van der Waals surface area contributed by atoms with Crippen molar-refractivity contribution in [2.45, 2.75) is 31.5 Å². The molecule has 1 saturated carbocycles. The van der Waals surface area contributed by atoms with E-state index in [9.17, 15) is 22.4 Å². The van der Waals surface area contributed by atoms with E-state index in [4.69, 9.17) is 5.73 Å². The van der Waals surface area contributed by atoms with Crippen molar-refractivity contribution in [1.29, 1.82) is 0 Å². The molecule has 2 rings (SSSR count). The highest BCUT2D eigenvalue weighted by Gasteiger charge is 2.34. The third-order valence-corrected chi connectivity index (χ3v) is 3.25. The zero-order valence-corrected chi connectivity index (χ0v) is 10.0. The van der Waals surface area contributed by atoms with Crippen LogP contribution >= 0.6 is 0 Å². The molecule has 0 bridgehead atoms. The fourth-order valence-electron chi connectivity index (χ4n) is 1.94. The topological polar surface area (TPSA) is 43.1 Å². The summed E-state index contributed by atoms with van der Waals surface area (Å²) in [6, 6.07) is 1.92. The number of alkyl halides is 3. The molecule has 104 valence electrons. The summed E-state index contributed by atoms with van der Waals surface area (Å²) in [4.78, 5) is 11.8. The number of nitrogens with two attached hydrogens (primary N) is 1. The van der Waals surface area contributed by atoms with Gasteiger partial charge in [0.15, 0.2) is 5.78 Å². The molecule has 19 heavy (non-hydrogen) atoms. The average molecular weight is 275 g/mol. The van der Waals surface area contributed by atoms with Crippen LogP contribution < -0.4 is 5.73 Å². The Labute approximate surface area is 107 Å². The Balaban J connectivity index is 2.12. The zero-order chi connectivity index (χ0) is 14.2. The fraction of sp³-hybridized carbons (Fsp3) is 0.462. The van der Waals surface area contributed by atoms with Gasteiger partial charge in [0.25, 0.3) is 0 Å². The number of benzene rings is 1. The number of carbonyl (C=O) groups excluding carboxylic acids is 1. The van der Waals surface area contributed by atoms with Gasteiger partial charge in [-0.2, -0.15) is 13.2 Å². The third kappa shape index (κ3) is 3.32. The molecule has 0 spiro atoms. The monoisotopic (exact) mass is 275 g/mol. The van der Waals surface area contributed by atoms with Crippen LogP contribution in [0, 0.1) is 11.7 Å². The number of rotatable bonds is 4.